The lowest BCUT2D eigenvalue weighted by atomic mass is 10.2. The monoisotopic (exact) mass is 336 g/mol. The molecule has 1 amide bonds. The Kier molecular flexibility index (Phi) is 4.42. The Morgan fingerprint density at radius 1 is 1.00 bits per heavy atom. The molecular formula is C10H4Cl4N4O. The summed E-state index contributed by atoms with van der Waals surface area (Å²) in [6.45, 7) is 0. The van der Waals surface area contributed by atoms with Crippen molar-refractivity contribution in [3.05, 3.63) is 44.6 Å². The summed E-state index contributed by atoms with van der Waals surface area (Å²) in [4.78, 5) is 23.2. The Morgan fingerprint density at radius 3 is 2.21 bits per heavy atom. The van der Waals surface area contributed by atoms with Gasteiger partial charge in [0.25, 0.3) is 5.91 Å². The standard InChI is InChI=1S/C10H4Cl4N4O/c11-5-2-1-4(7(12)17-5)10(19)18-6-8(13)15-3-16-9(6)14/h1-3H,(H,18,19). The minimum Gasteiger partial charge on any atom is -0.317 e. The van der Waals surface area contributed by atoms with Gasteiger partial charge in [-0.3, -0.25) is 4.79 Å². The maximum Gasteiger partial charge on any atom is 0.258 e. The highest BCUT2D eigenvalue weighted by atomic mass is 35.5. The van der Waals surface area contributed by atoms with Crippen LogP contribution in [0.1, 0.15) is 10.4 Å². The first kappa shape index (κ1) is 14.3. The molecule has 0 aliphatic heterocycles. The number of carbonyl (C=O) groups excluding carboxylic acids is 1. The Bertz CT molecular complexity index is 629. The van der Waals surface area contributed by atoms with E-state index >= 15 is 0 Å². The van der Waals surface area contributed by atoms with Crippen molar-refractivity contribution in [2.24, 2.45) is 0 Å². The van der Waals surface area contributed by atoms with Gasteiger partial charge in [-0.05, 0) is 12.1 Å². The van der Waals surface area contributed by atoms with Crippen molar-refractivity contribution < 1.29 is 4.79 Å². The highest BCUT2D eigenvalue weighted by Gasteiger charge is 2.16. The molecule has 0 atom stereocenters. The van der Waals surface area contributed by atoms with Crippen molar-refractivity contribution in [1.82, 2.24) is 15.0 Å². The normalized spacial score (nSPS) is 10.3. The van der Waals surface area contributed by atoms with Crippen molar-refractivity contribution in [3.8, 4) is 0 Å². The molecule has 0 saturated heterocycles. The van der Waals surface area contributed by atoms with Crippen LogP contribution in [-0.2, 0) is 0 Å². The molecule has 5 nitrogen and oxygen atoms in total. The molecule has 0 radical (unpaired) electrons. The Labute approximate surface area is 127 Å². The van der Waals surface area contributed by atoms with E-state index in [0.717, 1.165) is 0 Å². The minimum atomic E-state index is -0.548. The van der Waals surface area contributed by atoms with E-state index in [0.29, 0.717) is 0 Å². The first-order valence-corrected chi connectivity index (χ1v) is 6.29. The number of hydrogen-bond donors (Lipinski definition) is 1. The van der Waals surface area contributed by atoms with Crippen LogP contribution in [0.3, 0.4) is 0 Å². The maximum atomic E-state index is 12.0. The van der Waals surface area contributed by atoms with Gasteiger partial charge >= 0.3 is 0 Å². The molecule has 0 bridgehead atoms. The number of halogens is 4. The zero-order chi connectivity index (χ0) is 14.0. The lowest BCUT2D eigenvalue weighted by Crippen LogP contribution is -2.14. The van der Waals surface area contributed by atoms with Gasteiger partial charge in [0.15, 0.2) is 10.3 Å². The molecule has 19 heavy (non-hydrogen) atoms. The fraction of sp³-hybridized carbons (Fsp3) is 0. The average molecular weight is 338 g/mol. The molecule has 0 saturated carbocycles. The molecule has 0 fully saturated rings. The van der Waals surface area contributed by atoms with Crippen molar-refractivity contribution in [2.45, 2.75) is 0 Å². The summed E-state index contributed by atoms with van der Waals surface area (Å²) in [6.07, 6.45) is 1.18. The van der Waals surface area contributed by atoms with E-state index in [1.54, 1.807) is 0 Å². The number of rotatable bonds is 2. The molecular weight excluding hydrogens is 334 g/mol. The zero-order valence-electron chi connectivity index (χ0n) is 8.99. The minimum absolute atomic E-state index is 0.0198. The summed E-state index contributed by atoms with van der Waals surface area (Å²) in [7, 11) is 0. The SMILES string of the molecule is O=C(Nc1c(Cl)ncnc1Cl)c1ccc(Cl)nc1Cl. The average Bonchev–Trinajstić information content (AvgIpc) is 2.33. The second kappa shape index (κ2) is 5.88. The third-order valence-electron chi connectivity index (χ3n) is 2.05. The first-order valence-electron chi connectivity index (χ1n) is 4.78. The second-order valence-electron chi connectivity index (χ2n) is 3.26. The molecule has 2 heterocycles. The topological polar surface area (TPSA) is 67.8 Å². The van der Waals surface area contributed by atoms with Gasteiger partial charge in [-0.1, -0.05) is 46.4 Å². The molecule has 0 unspecified atom stereocenters. The highest BCUT2D eigenvalue weighted by molar-refractivity contribution is 6.39. The third kappa shape index (κ3) is 3.25. The first-order chi connectivity index (χ1) is 8.99. The molecule has 0 aliphatic carbocycles. The van der Waals surface area contributed by atoms with Gasteiger partial charge < -0.3 is 5.32 Å². The van der Waals surface area contributed by atoms with Crippen molar-refractivity contribution in [1.29, 1.82) is 0 Å². The fourth-order valence-corrected chi connectivity index (χ4v) is 2.05. The second-order valence-corrected chi connectivity index (χ2v) is 4.72. The summed E-state index contributed by atoms with van der Waals surface area (Å²) in [5.74, 6) is -0.548. The van der Waals surface area contributed by atoms with Crippen LogP contribution < -0.4 is 5.32 Å². The van der Waals surface area contributed by atoms with E-state index in [-0.39, 0.29) is 31.9 Å². The van der Waals surface area contributed by atoms with E-state index < -0.39 is 5.91 Å². The van der Waals surface area contributed by atoms with E-state index in [9.17, 15) is 4.79 Å². The number of anilines is 1. The van der Waals surface area contributed by atoms with Crippen molar-refractivity contribution >= 4 is 58.0 Å². The largest absolute Gasteiger partial charge is 0.317 e. The summed E-state index contributed by atoms with van der Waals surface area (Å²) in [5, 5.41) is 2.65. The number of hydrogen-bond acceptors (Lipinski definition) is 4. The van der Waals surface area contributed by atoms with Gasteiger partial charge in [-0.15, -0.1) is 0 Å². The Balaban J connectivity index is 2.31. The van der Waals surface area contributed by atoms with Gasteiger partial charge in [0.05, 0.1) is 5.56 Å². The van der Waals surface area contributed by atoms with E-state index in [2.05, 4.69) is 20.3 Å². The summed E-state index contributed by atoms with van der Waals surface area (Å²) < 4.78 is 0. The summed E-state index contributed by atoms with van der Waals surface area (Å²) in [5.41, 5.74) is 0.226. The molecule has 1 N–H and O–H groups in total. The number of nitrogens with one attached hydrogen (secondary N) is 1. The van der Waals surface area contributed by atoms with Crippen LogP contribution in [0.2, 0.25) is 20.6 Å². The predicted octanol–water partition coefficient (Wildman–Crippen LogP) is 3.74. The van der Waals surface area contributed by atoms with Crippen LogP contribution in [0.4, 0.5) is 5.69 Å². The van der Waals surface area contributed by atoms with Crippen LogP contribution in [0.15, 0.2) is 18.5 Å². The van der Waals surface area contributed by atoms with Gasteiger partial charge in [0.1, 0.15) is 22.3 Å². The van der Waals surface area contributed by atoms with Crippen LogP contribution >= 0.6 is 46.4 Å². The van der Waals surface area contributed by atoms with Gasteiger partial charge in [0.2, 0.25) is 0 Å². The van der Waals surface area contributed by atoms with Crippen molar-refractivity contribution in [3.63, 3.8) is 0 Å². The molecule has 0 aromatic carbocycles. The molecule has 0 spiro atoms. The number of aromatic nitrogens is 3. The number of carbonyl (C=O) groups is 1. The van der Waals surface area contributed by atoms with Crippen LogP contribution in [-0.4, -0.2) is 20.9 Å². The molecule has 98 valence electrons. The lowest BCUT2D eigenvalue weighted by Gasteiger charge is -2.08. The van der Waals surface area contributed by atoms with Gasteiger partial charge in [-0.25, -0.2) is 15.0 Å². The number of amides is 1. The van der Waals surface area contributed by atoms with Crippen LogP contribution in [0, 0.1) is 0 Å². The smallest absolute Gasteiger partial charge is 0.258 e. The summed E-state index contributed by atoms with van der Waals surface area (Å²) in [6, 6.07) is 2.87. The zero-order valence-corrected chi connectivity index (χ0v) is 12.0. The summed E-state index contributed by atoms with van der Waals surface area (Å²) >= 11 is 23.1. The maximum absolute atomic E-state index is 12.0. The van der Waals surface area contributed by atoms with Crippen LogP contribution in [0.25, 0.3) is 0 Å². The lowest BCUT2D eigenvalue weighted by molar-refractivity contribution is 0.102. The molecule has 2 aromatic rings. The number of nitrogens with zero attached hydrogens (tertiary/aromatic N) is 3. The molecule has 0 aliphatic rings. The third-order valence-corrected chi connectivity index (χ3v) is 3.12. The quantitative estimate of drug-likeness (QED) is 0.669. The number of pyridine rings is 1. The molecule has 9 heteroatoms. The van der Waals surface area contributed by atoms with E-state index in [1.165, 1.54) is 18.5 Å². The predicted molar refractivity (Wildman–Crippen MR) is 74.3 cm³/mol. The van der Waals surface area contributed by atoms with Crippen molar-refractivity contribution in [2.75, 3.05) is 5.32 Å². The van der Waals surface area contributed by atoms with E-state index in [1.807, 2.05) is 0 Å². The Morgan fingerprint density at radius 2 is 1.63 bits per heavy atom. The molecule has 2 rings (SSSR count). The van der Waals surface area contributed by atoms with E-state index in [4.69, 9.17) is 46.4 Å². The van der Waals surface area contributed by atoms with Gasteiger partial charge in [-0.2, -0.15) is 0 Å². The molecule has 2 aromatic heterocycles. The highest BCUT2D eigenvalue weighted by Crippen LogP contribution is 2.27. The Hall–Kier alpha value is -1.14. The van der Waals surface area contributed by atoms with Gasteiger partial charge in [0, 0.05) is 0 Å². The van der Waals surface area contributed by atoms with Crippen LogP contribution in [0.5, 0.6) is 0 Å². The fourth-order valence-electron chi connectivity index (χ4n) is 1.21.